The van der Waals surface area contributed by atoms with Crippen LogP contribution in [-0.4, -0.2) is 24.3 Å². The van der Waals surface area contributed by atoms with Gasteiger partial charge in [0.15, 0.2) is 0 Å². The van der Waals surface area contributed by atoms with Crippen molar-refractivity contribution in [3.8, 4) is 0 Å². The minimum Gasteiger partial charge on any atom is -0.465 e. The molecule has 0 saturated carbocycles. The summed E-state index contributed by atoms with van der Waals surface area (Å²) in [5, 5.41) is 10.2. The second-order valence-electron chi connectivity index (χ2n) is 3.52. The highest BCUT2D eigenvalue weighted by molar-refractivity contribution is 5.89. The summed E-state index contributed by atoms with van der Waals surface area (Å²) in [5.74, 6) is -0.900. The van der Waals surface area contributed by atoms with Crippen molar-refractivity contribution >= 4 is 12.1 Å². The molecule has 0 atom stereocenters. The first-order valence-electron chi connectivity index (χ1n) is 5.01. The molecular weight excluding hydrogens is 267 g/mol. The van der Waals surface area contributed by atoms with Crippen LogP contribution in [0, 0.1) is 0 Å². The van der Waals surface area contributed by atoms with Gasteiger partial charge < -0.3 is 15.2 Å². The molecule has 0 bridgehead atoms. The van der Waals surface area contributed by atoms with E-state index in [1.54, 1.807) is 0 Å². The smallest absolute Gasteiger partial charge is 0.416 e. The lowest BCUT2D eigenvalue weighted by Gasteiger charge is -2.14. The lowest BCUT2D eigenvalue weighted by molar-refractivity contribution is -0.138. The molecule has 0 fully saturated rings. The van der Waals surface area contributed by atoms with Crippen LogP contribution in [0.1, 0.15) is 21.5 Å². The van der Waals surface area contributed by atoms with E-state index in [1.165, 1.54) is 0 Å². The number of amides is 1. The van der Waals surface area contributed by atoms with Gasteiger partial charge in [-0.2, -0.15) is 13.2 Å². The van der Waals surface area contributed by atoms with Crippen LogP contribution < -0.4 is 5.32 Å². The molecule has 0 aliphatic heterocycles. The Labute approximate surface area is 106 Å². The average Bonchev–Trinajstić information content (AvgIpc) is 2.34. The monoisotopic (exact) mass is 277 g/mol. The summed E-state index contributed by atoms with van der Waals surface area (Å²) in [6, 6.07) is 2.80. The molecule has 0 unspecified atom stereocenters. The molecule has 19 heavy (non-hydrogen) atoms. The van der Waals surface area contributed by atoms with Crippen LogP contribution in [0.2, 0.25) is 0 Å². The van der Waals surface area contributed by atoms with Gasteiger partial charge >= 0.3 is 18.2 Å². The standard InChI is InChI=1S/C11H10F3NO4/c1-19-9(16)6-2-3-7(5-15-10(17)18)8(4-6)11(12,13)14/h2-4,15H,5H2,1H3,(H,17,18). The van der Waals surface area contributed by atoms with E-state index < -0.39 is 30.3 Å². The SMILES string of the molecule is COC(=O)c1ccc(CNC(=O)O)c(C(F)(F)F)c1. The Hall–Kier alpha value is -2.25. The highest BCUT2D eigenvalue weighted by Gasteiger charge is 2.34. The number of rotatable bonds is 3. The van der Waals surface area contributed by atoms with Gasteiger partial charge in [0, 0.05) is 6.54 Å². The number of esters is 1. The van der Waals surface area contributed by atoms with Crippen molar-refractivity contribution in [1.29, 1.82) is 0 Å². The molecule has 1 amide bonds. The normalized spacial score (nSPS) is 10.9. The maximum Gasteiger partial charge on any atom is 0.416 e. The van der Waals surface area contributed by atoms with Gasteiger partial charge in [-0.15, -0.1) is 0 Å². The largest absolute Gasteiger partial charge is 0.465 e. The number of carboxylic acid groups (broad SMARTS) is 1. The summed E-state index contributed by atoms with van der Waals surface area (Å²) in [4.78, 5) is 21.5. The van der Waals surface area contributed by atoms with Crippen molar-refractivity contribution in [3.05, 3.63) is 34.9 Å². The van der Waals surface area contributed by atoms with Crippen molar-refractivity contribution in [2.45, 2.75) is 12.7 Å². The predicted molar refractivity (Wildman–Crippen MR) is 57.6 cm³/mol. The van der Waals surface area contributed by atoms with E-state index in [1.807, 2.05) is 5.32 Å². The Morgan fingerprint density at radius 1 is 1.37 bits per heavy atom. The van der Waals surface area contributed by atoms with Crippen LogP contribution in [0.4, 0.5) is 18.0 Å². The third-order valence-corrected chi connectivity index (χ3v) is 2.27. The summed E-state index contributed by atoms with van der Waals surface area (Å²) in [6.07, 6.45) is -6.13. The fourth-order valence-electron chi connectivity index (χ4n) is 1.41. The Bertz CT molecular complexity index is 499. The number of methoxy groups -OCH3 is 1. The maximum absolute atomic E-state index is 12.8. The number of halogens is 3. The van der Waals surface area contributed by atoms with E-state index in [2.05, 4.69) is 4.74 Å². The Morgan fingerprint density at radius 2 is 2.00 bits per heavy atom. The zero-order chi connectivity index (χ0) is 14.6. The maximum atomic E-state index is 12.8. The molecular formula is C11H10F3NO4. The quantitative estimate of drug-likeness (QED) is 0.831. The van der Waals surface area contributed by atoms with Gasteiger partial charge in [0.2, 0.25) is 0 Å². The molecule has 0 aliphatic carbocycles. The number of alkyl halides is 3. The van der Waals surface area contributed by atoms with Crippen molar-refractivity contribution in [3.63, 3.8) is 0 Å². The van der Waals surface area contributed by atoms with Gasteiger partial charge in [-0.25, -0.2) is 9.59 Å². The van der Waals surface area contributed by atoms with Crippen LogP contribution in [-0.2, 0) is 17.5 Å². The molecule has 104 valence electrons. The molecule has 0 spiro atoms. The topological polar surface area (TPSA) is 75.6 Å². The van der Waals surface area contributed by atoms with Crippen LogP contribution >= 0.6 is 0 Å². The summed E-state index contributed by atoms with van der Waals surface area (Å²) < 4.78 is 42.7. The number of carbonyl (C=O) groups excluding carboxylic acids is 1. The van der Waals surface area contributed by atoms with Crippen molar-refractivity contribution < 1.29 is 32.6 Å². The lowest BCUT2D eigenvalue weighted by atomic mass is 10.0. The molecule has 0 aliphatic rings. The molecule has 2 N–H and O–H groups in total. The summed E-state index contributed by atoms with van der Waals surface area (Å²) in [5.41, 5.74) is -1.61. The first kappa shape index (κ1) is 14.8. The first-order valence-corrected chi connectivity index (χ1v) is 5.01. The first-order chi connectivity index (χ1) is 8.75. The van der Waals surface area contributed by atoms with Crippen molar-refractivity contribution in [1.82, 2.24) is 5.32 Å². The zero-order valence-corrected chi connectivity index (χ0v) is 9.75. The summed E-state index contributed by atoms with van der Waals surface area (Å²) in [7, 11) is 1.05. The number of hydrogen-bond donors (Lipinski definition) is 2. The van der Waals surface area contributed by atoms with Gasteiger partial charge in [0.05, 0.1) is 18.2 Å². The molecule has 1 rings (SSSR count). The van der Waals surface area contributed by atoms with Crippen LogP contribution in [0.15, 0.2) is 18.2 Å². The number of benzene rings is 1. The molecule has 0 saturated heterocycles. The lowest BCUT2D eigenvalue weighted by Crippen LogP contribution is -2.22. The fraction of sp³-hybridized carbons (Fsp3) is 0.273. The molecule has 8 heteroatoms. The summed E-state index contributed by atoms with van der Waals surface area (Å²) in [6.45, 7) is -0.508. The van der Waals surface area contributed by atoms with Gasteiger partial charge in [-0.3, -0.25) is 0 Å². The predicted octanol–water partition coefficient (Wildman–Crippen LogP) is 2.26. The Kier molecular flexibility index (Phi) is 4.36. The zero-order valence-electron chi connectivity index (χ0n) is 9.75. The fourth-order valence-corrected chi connectivity index (χ4v) is 1.41. The third kappa shape index (κ3) is 3.87. The van der Waals surface area contributed by atoms with Gasteiger partial charge in [-0.05, 0) is 17.7 Å². The van der Waals surface area contributed by atoms with Crippen LogP contribution in [0.3, 0.4) is 0 Å². The van der Waals surface area contributed by atoms with Crippen LogP contribution in [0.5, 0.6) is 0 Å². The Morgan fingerprint density at radius 3 is 2.47 bits per heavy atom. The highest BCUT2D eigenvalue weighted by atomic mass is 19.4. The van der Waals surface area contributed by atoms with E-state index in [4.69, 9.17) is 5.11 Å². The second kappa shape index (κ2) is 5.59. The minimum atomic E-state index is -4.69. The molecule has 0 radical (unpaired) electrons. The minimum absolute atomic E-state index is 0.256. The van der Waals surface area contributed by atoms with E-state index >= 15 is 0 Å². The van der Waals surface area contributed by atoms with E-state index in [0.717, 1.165) is 19.2 Å². The molecule has 5 nitrogen and oxygen atoms in total. The van der Waals surface area contributed by atoms with Gasteiger partial charge in [0.1, 0.15) is 0 Å². The van der Waals surface area contributed by atoms with E-state index in [-0.39, 0.29) is 11.1 Å². The number of carbonyl (C=O) groups is 2. The van der Waals surface area contributed by atoms with Crippen LogP contribution in [0.25, 0.3) is 0 Å². The third-order valence-electron chi connectivity index (χ3n) is 2.27. The molecule has 1 aromatic carbocycles. The second-order valence-corrected chi connectivity index (χ2v) is 3.52. The average molecular weight is 277 g/mol. The van der Waals surface area contributed by atoms with E-state index in [9.17, 15) is 22.8 Å². The highest BCUT2D eigenvalue weighted by Crippen LogP contribution is 2.32. The van der Waals surface area contributed by atoms with Crippen molar-refractivity contribution in [2.24, 2.45) is 0 Å². The number of hydrogen-bond acceptors (Lipinski definition) is 3. The molecule has 0 aromatic heterocycles. The Balaban J connectivity index is 3.17. The van der Waals surface area contributed by atoms with E-state index in [0.29, 0.717) is 6.07 Å². The van der Waals surface area contributed by atoms with Crippen molar-refractivity contribution in [2.75, 3.05) is 7.11 Å². The molecule has 0 heterocycles. The van der Waals surface area contributed by atoms with Gasteiger partial charge in [-0.1, -0.05) is 6.07 Å². The van der Waals surface area contributed by atoms with Gasteiger partial charge in [0.25, 0.3) is 0 Å². The summed E-state index contributed by atoms with van der Waals surface area (Å²) >= 11 is 0. The number of ether oxygens (including phenoxy) is 1. The molecule has 1 aromatic rings. The number of nitrogens with one attached hydrogen (secondary N) is 1.